The molecule has 0 aliphatic heterocycles. The number of hydrogen-bond donors (Lipinski definition) is 1. The second-order valence-electron chi connectivity index (χ2n) is 3.93. The van der Waals surface area contributed by atoms with Crippen LogP contribution in [0.2, 0.25) is 5.15 Å². The molecule has 0 bridgehead atoms. The number of imidazole rings is 1. The molecule has 5 nitrogen and oxygen atoms in total. The third-order valence-electron chi connectivity index (χ3n) is 2.36. The lowest BCUT2D eigenvalue weighted by molar-refractivity contribution is 0.598. The zero-order valence-corrected chi connectivity index (χ0v) is 11.5. The van der Waals surface area contributed by atoms with E-state index < -0.39 is 10.0 Å². The molecule has 0 aliphatic rings. The molecule has 0 saturated heterocycles. The lowest BCUT2D eigenvalue weighted by Crippen LogP contribution is -2.14. The van der Waals surface area contributed by atoms with Crippen molar-refractivity contribution in [1.29, 1.82) is 0 Å². The predicted molar refractivity (Wildman–Crippen MR) is 70.2 cm³/mol. The van der Waals surface area contributed by atoms with Gasteiger partial charge in [0.1, 0.15) is 5.15 Å². The van der Waals surface area contributed by atoms with E-state index in [4.69, 9.17) is 11.6 Å². The van der Waals surface area contributed by atoms with Crippen LogP contribution in [0.3, 0.4) is 0 Å². The van der Waals surface area contributed by atoms with Crippen molar-refractivity contribution in [1.82, 2.24) is 9.55 Å². The molecule has 0 fully saturated rings. The number of anilines is 1. The number of hydrogen-bond acceptors (Lipinski definition) is 3. The largest absolute Gasteiger partial charge is 0.324 e. The molecular weight excluding hydrogens is 274 g/mol. The van der Waals surface area contributed by atoms with Gasteiger partial charge in [0.25, 0.3) is 10.0 Å². The fourth-order valence-corrected chi connectivity index (χ4v) is 2.97. The highest BCUT2D eigenvalue weighted by Gasteiger charge is 2.22. The van der Waals surface area contributed by atoms with Gasteiger partial charge in [0, 0.05) is 12.7 Å². The number of aromatic nitrogens is 2. The van der Waals surface area contributed by atoms with E-state index in [0.717, 1.165) is 5.56 Å². The molecule has 96 valence electrons. The van der Waals surface area contributed by atoms with Crippen molar-refractivity contribution in [3.05, 3.63) is 41.3 Å². The lowest BCUT2D eigenvalue weighted by atomic mass is 10.2. The highest BCUT2D eigenvalue weighted by Crippen LogP contribution is 2.21. The Bertz CT molecular complexity index is 679. The molecule has 0 amide bonds. The number of sulfonamides is 1. The van der Waals surface area contributed by atoms with Crippen LogP contribution >= 0.6 is 11.6 Å². The van der Waals surface area contributed by atoms with Crippen LogP contribution in [0.4, 0.5) is 5.69 Å². The van der Waals surface area contributed by atoms with Gasteiger partial charge in [-0.15, -0.1) is 0 Å². The molecule has 0 unspecified atom stereocenters. The van der Waals surface area contributed by atoms with E-state index in [1.165, 1.54) is 10.9 Å². The third kappa shape index (κ3) is 2.49. The first-order chi connectivity index (χ1) is 8.40. The Morgan fingerprint density at radius 2 is 2.11 bits per heavy atom. The SMILES string of the molecule is Cc1cccc(NS(=O)(=O)c2ncn(C)c2Cl)c1. The van der Waals surface area contributed by atoms with E-state index in [2.05, 4.69) is 9.71 Å². The van der Waals surface area contributed by atoms with Gasteiger partial charge in [0.15, 0.2) is 0 Å². The first kappa shape index (κ1) is 12.9. The molecule has 1 aromatic carbocycles. The van der Waals surface area contributed by atoms with Crippen molar-refractivity contribution in [2.45, 2.75) is 11.9 Å². The highest BCUT2D eigenvalue weighted by atomic mass is 35.5. The first-order valence-electron chi connectivity index (χ1n) is 5.16. The summed E-state index contributed by atoms with van der Waals surface area (Å²) in [6, 6.07) is 7.05. The minimum absolute atomic E-state index is 0.0788. The molecule has 0 aliphatic carbocycles. The summed E-state index contributed by atoms with van der Waals surface area (Å²) in [5.74, 6) is 0. The fraction of sp³-hybridized carbons (Fsp3) is 0.182. The molecule has 2 rings (SSSR count). The Kier molecular flexibility index (Phi) is 3.32. The van der Waals surface area contributed by atoms with Gasteiger partial charge < -0.3 is 4.57 Å². The summed E-state index contributed by atoms with van der Waals surface area (Å²) < 4.78 is 28.0. The van der Waals surface area contributed by atoms with Gasteiger partial charge in [-0.2, -0.15) is 8.42 Å². The average molecular weight is 286 g/mol. The zero-order valence-electron chi connectivity index (χ0n) is 9.88. The molecule has 1 aromatic heterocycles. The summed E-state index contributed by atoms with van der Waals surface area (Å²) in [6.45, 7) is 1.88. The van der Waals surface area contributed by atoms with Gasteiger partial charge in [0.2, 0.25) is 5.03 Å². The smallest absolute Gasteiger partial charge is 0.282 e. The Balaban J connectivity index is 2.36. The van der Waals surface area contributed by atoms with Gasteiger partial charge >= 0.3 is 0 Å². The van der Waals surface area contributed by atoms with E-state index in [1.54, 1.807) is 25.2 Å². The van der Waals surface area contributed by atoms with Crippen molar-refractivity contribution in [2.24, 2.45) is 7.05 Å². The second-order valence-corrected chi connectivity index (χ2v) is 5.88. The maximum absolute atomic E-state index is 12.1. The van der Waals surface area contributed by atoms with Gasteiger partial charge in [-0.05, 0) is 24.6 Å². The lowest BCUT2D eigenvalue weighted by Gasteiger charge is -2.06. The van der Waals surface area contributed by atoms with Gasteiger partial charge in [-0.25, -0.2) is 4.98 Å². The van der Waals surface area contributed by atoms with Crippen molar-refractivity contribution in [3.8, 4) is 0 Å². The highest BCUT2D eigenvalue weighted by molar-refractivity contribution is 7.92. The predicted octanol–water partition coefficient (Wildman–Crippen LogP) is 2.18. The monoisotopic (exact) mass is 285 g/mol. The quantitative estimate of drug-likeness (QED) is 0.940. The van der Waals surface area contributed by atoms with Gasteiger partial charge in [0.05, 0.1) is 6.33 Å². The zero-order chi connectivity index (χ0) is 13.3. The Labute approximate surface area is 110 Å². The molecular formula is C11H12ClN3O2S. The molecule has 0 atom stereocenters. The van der Waals surface area contributed by atoms with E-state index in [1.807, 2.05) is 13.0 Å². The number of benzene rings is 1. The number of halogens is 1. The van der Waals surface area contributed by atoms with Crippen molar-refractivity contribution in [3.63, 3.8) is 0 Å². The summed E-state index contributed by atoms with van der Waals surface area (Å²) in [6.07, 6.45) is 1.35. The Morgan fingerprint density at radius 1 is 1.39 bits per heavy atom. The minimum Gasteiger partial charge on any atom is -0.324 e. The van der Waals surface area contributed by atoms with E-state index in [9.17, 15) is 8.42 Å². The topological polar surface area (TPSA) is 64.0 Å². The number of rotatable bonds is 3. The van der Waals surface area contributed by atoms with E-state index >= 15 is 0 Å². The van der Waals surface area contributed by atoms with Crippen molar-refractivity contribution >= 4 is 27.3 Å². The van der Waals surface area contributed by atoms with Crippen LogP contribution in [0.1, 0.15) is 5.56 Å². The standard InChI is InChI=1S/C11H12ClN3O2S/c1-8-4-3-5-9(6-8)14-18(16,17)11-10(12)15(2)7-13-11/h3-7,14H,1-2H3. The van der Waals surface area contributed by atoms with Crippen molar-refractivity contribution in [2.75, 3.05) is 4.72 Å². The average Bonchev–Trinajstić information content (AvgIpc) is 2.59. The van der Waals surface area contributed by atoms with Crippen LogP contribution in [0.15, 0.2) is 35.6 Å². The summed E-state index contributed by atoms with van der Waals surface area (Å²) >= 11 is 5.87. The molecule has 1 N–H and O–H groups in total. The summed E-state index contributed by atoms with van der Waals surface area (Å²) in [7, 11) is -2.13. The summed E-state index contributed by atoms with van der Waals surface area (Å²) in [5, 5.41) is -0.0941. The van der Waals surface area contributed by atoms with Crippen LogP contribution in [0.25, 0.3) is 0 Å². The number of nitrogens with one attached hydrogen (secondary N) is 1. The number of nitrogens with zero attached hydrogens (tertiary/aromatic N) is 2. The van der Waals surface area contributed by atoms with Crippen LogP contribution < -0.4 is 4.72 Å². The molecule has 0 radical (unpaired) electrons. The maximum atomic E-state index is 12.1. The molecule has 0 saturated carbocycles. The summed E-state index contributed by atoms with van der Waals surface area (Å²) in [5.41, 5.74) is 1.44. The van der Waals surface area contributed by atoms with Crippen LogP contribution in [0, 0.1) is 6.92 Å². The van der Waals surface area contributed by atoms with E-state index in [0.29, 0.717) is 5.69 Å². The summed E-state index contributed by atoms with van der Waals surface area (Å²) in [4.78, 5) is 3.79. The fourth-order valence-electron chi connectivity index (χ4n) is 1.49. The molecule has 1 heterocycles. The molecule has 18 heavy (non-hydrogen) atoms. The minimum atomic E-state index is -3.75. The van der Waals surface area contributed by atoms with Crippen LogP contribution in [0.5, 0.6) is 0 Å². The number of aryl methyl sites for hydroxylation is 2. The van der Waals surface area contributed by atoms with Crippen LogP contribution in [-0.2, 0) is 17.1 Å². The molecule has 0 spiro atoms. The Hall–Kier alpha value is -1.53. The second kappa shape index (κ2) is 4.62. The van der Waals surface area contributed by atoms with Crippen molar-refractivity contribution < 1.29 is 8.42 Å². The van der Waals surface area contributed by atoms with E-state index in [-0.39, 0.29) is 10.2 Å². The molecule has 2 aromatic rings. The van der Waals surface area contributed by atoms with Crippen LogP contribution in [-0.4, -0.2) is 18.0 Å². The Morgan fingerprint density at radius 3 is 2.67 bits per heavy atom. The molecule has 7 heteroatoms. The van der Waals surface area contributed by atoms with Gasteiger partial charge in [-0.1, -0.05) is 23.7 Å². The third-order valence-corrected chi connectivity index (χ3v) is 4.23. The normalized spacial score (nSPS) is 11.5. The van der Waals surface area contributed by atoms with Gasteiger partial charge in [-0.3, -0.25) is 4.72 Å². The maximum Gasteiger partial charge on any atom is 0.282 e. The first-order valence-corrected chi connectivity index (χ1v) is 7.02.